The maximum Gasteiger partial charge on any atom is 0.261 e. The summed E-state index contributed by atoms with van der Waals surface area (Å²) < 4.78 is 6.97. The van der Waals surface area contributed by atoms with Crippen molar-refractivity contribution in [1.29, 1.82) is 0 Å². The van der Waals surface area contributed by atoms with E-state index < -0.39 is 0 Å². The minimum absolute atomic E-state index is 0.0296. The number of nitrogens with one attached hydrogen (secondary N) is 1. The molecule has 0 spiro atoms. The van der Waals surface area contributed by atoms with Gasteiger partial charge in [-0.1, -0.05) is 36.4 Å². The third-order valence-electron chi connectivity index (χ3n) is 4.11. The summed E-state index contributed by atoms with van der Waals surface area (Å²) in [5.74, 6) is 0.747. The van der Waals surface area contributed by atoms with Crippen molar-refractivity contribution in [3.63, 3.8) is 0 Å². The van der Waals surface area contributed by atoms with Crippen LogP contribution in [0.25, 0.3) is 21.0 Å². The molecule has 4 nitrogen and oxygen atoms in total. The summed E-state index contributed by atoms with van der Waals surface area (Å²) in [6, 6.07) is 19.8. The van der Waals surface area contributed by atoms with E-state index in [9.17, 15) is 4.79 Å². The molecule has 4 aromatic rings. The van der Waals surface area contributed by atoms with Crippen molar-refractivity contribution in [1.82, 2.24) is 10.3 Å². The molecular formula is C21H18N2O2S. The van der Waals surface area contributed by atoms with Crippen LogP contribution in [0.1, 0.15) is 16.1 Å². The summed E-state index contributed by atoms with van der Waals surface area (Å²) in [5.41, 5.74) is 0.865. The standard InChI is InChI=1S/C21H18N2O2S/c24-21(19-14-16-6-1-2-10-18(16)26-19)23-12-5-13-25-17-9-3-7-15-8-4-11-22-20(15)17/h1-4,6-11,14H,5,12-13H2,(H,23,24). The normalized spacial score (nSPS) is 10.9. The largest absolute Gasteiger partial charge is 0.491 e. The Morgan fingerprint density at radius 3 is 2.81 bits per heavy atom. The molecule has 0 radical (unpaired) electrons. The summed E-state index contributed by atoms with van der Waals surface area (Å²) in [6.45, 7) is 1.10. The van der Waals surface area contributed by atoms with Gasteiger partial charge in [0.05, 0.1) is 11.5 Å². The number of hydrogen-bond acceptors (Lipinski definition) is 4. The SMILES string of the molecule is O=C(NCCCOc1cccc2cccnc12)c1cc2ccccc2s1. The first-order valence-corrected chi connectivity index (χ1v) is 9.36. The topological polar surface area (TPSA) is 51.2 Å². The molecule has 1 N–H and O–H groups in total. The monoisotopic (exact) mass is 362 g/mol. The average Bonchev–Trinajstić information content (AvgIpc) is 3.12. The Hall–Kier alpha value is -2.92. The van der Waals surface area contributed by atoms with Gasteiger partial charge in [0.1, 0.15) is 11.3 Å². The van der Waals surface area contributed by atoms with Crippen LogP contribution >= 0.6 is 11.3 Å². The molecule has 0 saturated heterocycles. The minimum atomic E-state index is -0.0296. The Morgan fingerprint density at radius 2 is 1.88 bits per heavy atom. The van der Waals surface area contributed by atoms with Crippen molar-refractivity contribution in [3.8, 4) is 5.75 Å². The Balaban J connectivity index is 1.29. The number of benzene rings is 2. The summed E-state index contributed by atoms with van der Waals surface area (Å²) in [6.07, 6.45) is 2.50. The van der Waals surface area contributed by atoms with E-state index in [0.717, 1.165) is 38.0 Å². The number of ether oxygens (including phenoxy) is 1. The van der Waals surface area contributed by atoms with Crippen LogP contribution in [0, 0.1) is 0 Å². The molecule has 5 heteroatoms. The summed E-state index contributed by atoms with van der Waals surface area (Å²) in [4.78, 5) is 17.4. The number of rotatable bonds is 6. The molecule has 4 rings (SSSR count). The third kappa shape index (κ3) is 3.53. The van der Waals surface area contributed by atoms with Crippen LogP contribution in [0.4, 0.5) is 0 Å². The van der Waals surface area contributed by atoms with Gasteiger partial charge < -0.3 is 10.1 Å². The van der Waals surface area contributed by atoms with E-state index in [0.29, 0.717) is 13.2 Å². The predicted octanol–water partition coefficient (Wildman–Crippen LogP) is 4.65. The van der Waals surface area contributed by atoms with E-state index in [4.69, 9.17) is 4.74 Å². The van der Waals surface area contributed by atoms with Gasteiger partial charge in [-0.05, 0) is 36.1 Å². The number of amides is 1. The van der Waals surface area contributed by atoms with Crippen molar-refractivity contribution in [3.05, 3.63) is 71.7 Å². The summed E-state index contributed by atoms with van der Waals surface area (Å²) in [7, 11) is 0. The second-order valence-corrected chi connectivity index (χ2v) is 7.02. The molecular weight excluding hydrogens is 344 g/mol. The van der Waals surface area contributed by atoms with Gasteiger partial charge >= 0.3 is 0 Å². The maximum atomic E-state index is 12.3. The number of hydrogen-bond donors (Lipinski definition) is 1. The Kier molecular flexibility index (Phi) is 4.80. The van der Waals surface area contributed by atoms with Gasteiger partial charge in [0.2, 0.25) is 0 Å². The molecule has 0 aliphatic heterocycles. The first-order valence-electron chi connectivity index (χ1n) is 8.54. The molecule has 2 heterocycles. The highest BCUT2D eigenvalue weighted by molar-refractivity contribution is 7.20. The Labute approximate surface area is 155 Å². The minimum Gasteiger partial charge on any atom is -0.491 e. The molecule has 0 fully saturated rings. The van der Waals surface area contributed by atoms with E-state index in [2.05, 4.69) is 10.3 Å². The first-order chi connectivity index (χ1) is 12.8. The number of pyridine rings is 1. The van der Waals surface area contributed by atoms with E-state index in [1.807, 2.05) is 60.7 Å². The lowest BCUT2D eigenvalue weighted by atomic mass is 10.2. The maximum absolute atomic E-state index is 12.3. The highest BCUT2D eigenvalue weighted by Crippen LogP contribution is 2.25. The van der Waals surface area contributed by atoms with E-state index in [1.165, 1.54) is 11.3 Å². The zero-order chi connectivity index (χ0) is 17.8. The summed E-state index contributed by atoms with van der Waals surface area (Å²) >= 11 is 1.52. The molecule has 0 aliphatic rings. The summed E-state index contributed by atoms with van der Waals surface area (Å²) in [5, 5.41) is 5.12. The number of carbonyl (C=O) groups is 1. The quantitative estimate of drug-likeness (QED) is 0.508. The van der Waals surface area contributed by atoms with Gasteiger partial charge in [-0.3, -0.25) is 9.78 Å². The third-order valence-corrected chi connectivity index (χ3v) is 5.22. The predicted molar refractivity (Wildman–Crippen MR) is 106 cm³/mol. The zero-order valence-corrected chi connectivity index (χ0v) is 15.0. The van der Waals surface area contributed by atoms with Crippen molar-refractivity contribution >= 4 is 38.2 Å². The fourth-order valence-electron chi connectivity index (χ4n) is 2.83. The van der Waals surface area contributed by atoms with Gasteiger partial charge in [0.25, 0.3) is 5.91 Å². The number of nitrogens with zero attached hydrogens (tertiary/aromatic N) is 1. The Morgan fingerprint density at radius 1 is 1.04 bits per heavy atom. The molecule has 2 aromatic carbocycles. The second kappa shape index (κ2) is 7.54. The molecule has 26 heavy (non-hydrogen) atoms. The average molecular weight is 362 g/mol. The lowest BCUT2D eigenvalue weighted by Crippen LogP contribution is -2.24. The number of para-hydroxylation sites is 1. The fraction of sp³-hybridized carbons (Fsp3) is 0.143. The van der Waals surface area contributed by atoms with E-state index in [1.54, 1.807) is 6.20 Å². The van der Waals surface area contributed by atoms with Crippen LogP contribution in [0.2, 0.25) is 0 Å². The van der Waals surface area contributed by atoms with E-state index in [-0.39, 0.29) is 5.91 Å². The molecule has 2 aromatic heterocycles. The van der Waals surface area contributed by atoms with Crippen molar-refractivity contribution in [2.75, 3.05) is 13.2 Å². The lowest BCUT2D eigenvalue weighted by molar-refractivity contribution is 0.0955. The lowest BCUT2D eigenvalue weighted by Gasteiger charge is -2.09. The highest BCUT2D eigenvalue weighted by Gasteiger charge is 2.09. The molecule has 0 unspecified atom stereocenters. The van der Waals surface area contributed by atoms with Crippen molar-refractivity contribution < 1.29 is 9.53 Å². The fourth-order valence-corrected chi connectivity index (χ4v) is 3.81. The van der Waals surface area contributed by atoms with Crippen molar-refractivity contribution in [2.45, 2.75) is 6.42 Å². The molecule has 0 bridgehead atoms. The van der Waals surface area contributed by atoms with Crippen LogP contribution in [-0.4, -0.2) is 24.0 Å². The number of thiophene rings is 1. The van der Waals surface area contributed by atoms with Crippen LogP contribution in [0.15, 0.2) is 66.9 Å². The number of carbonyl (C=O) groups excluding carboxylic acids is 1. The van der Waals surface area contributed by atoms with Crippen molar-refractivity contribution in [2.24, 2.45) is 0 Å². The first kappa shape index (κ1) is 16.5. The van der Waals surface area contributed by atoms with Gasteiger partial charge in [-0.2, -0.15) is 0 Å². The molecule has 0 aliphatic carbocycles. The van der Waals surface area contributed by atoms with Crippen LogP contribution in [0.5, 0.6) is 5.75 Å². The zero-order valence-electron chi connectivity index (χ0n) is 14.1. The van der Waals surface area contributed by atoms with Gasteiger partial charge in [-0.15, -0.1) is 11.3 Å². The second-order valence-electron chi connectivity index (χ2n) is 5.94. The molecule has 1 amide bonds. The van der Waals surface area contributed by atoms with E-state index >= 15 is 0 Å². The van der Waals surface area contributed by atoms with Gasteiger partial charge in [-0.25, -0.2) is 0 Å². The highest BCUT2D eigenvalue weighted by atomic mass is 32.1. The Bertz CT molecular complexity index is 1020. The number of aromatic nitrogens is 1. The van der Waals surface area contributed by atoms with Crippen LogP contribution in [-0.2, 0) is 0 Å². The smallest absolute Gasteiger partial charge is 0.261 e. The molecule has 0 saturated carbocycles. The number of fused-ring (bicyclic) bond motifs is 2. The van der Waals surface area contributed by atoms with Gasteiger partial charge in [0, 0.05) is 22.8 Å². The molecule has 0 atom stereocenters. The molecule has 130 valence electrons. The van der Waals surface area contributed by atoms with Crippen LogP contribution < -0.4 is 10.1 Å². The van der Waals surface area contributed by atoms with Crippen LogP contribution in [0.3, 0.4) is 0 Å². The van der Waals surface area contributed by atoms with Gasteiger partial charge in [0.15, 0.2) is 0 Å².